The van der Waals surface area contributed by atoms with Crippen molar-refractivity contribution in [2.24, 2.45) is 11.3 Å². The smallest absolute Gasteiger partial charge is 0.311 e. The third kappa shape index (κ3) is 4.13. The summed E-state index contributed by atoms with van der Waals surface area (Å²) in [7, 11) is 0. The molecule has 0 radical (unpaired) electrons. The van der Waals surface area contributed by atoms with E-state index in [4.69, 9.17) is 4.74 Å². The van der Waals surface area contributed by atoms with Gasteiger partial charge in [0.15, 0.2) is 0 Å². The van der Waals surface area contributed by atoms with Crippen molar-refractivity contribution in [1.29, 1.82) is 0 Å². The van der Waals surface area contributed by atoms with Crippen LogP contribution in [0.4, 0.5) is 5.69 Å². The highest BCUT2D eigenvalue weighted by Gasteiger charge is 2.48. The van der Waals surface area contributed by atoms with Crippen LogP contribution >= 0.6 is 0 Å². The molecule has 2 heterocycles. The number of benzene rings is 1. The average molecular weight is 388 g/mol. The Morgan fingerprint density at radius 3 is 2.79 bits per heavy atom. The van der Waals surface area contributed by atoms with Crippen molar-refractivity contribution < 1.29 is 24.2 Å². The minimum absolute atomic E-state index is 0.0134. The Morgan fingerprint density at radius 2 is 2.11 bits per heavy atom. The molecule has 2 N–H and O–H groups in total. The molecule has 0 aromatic heterocycles. The third-order valence-corrected chi connectivity index (χ3v) is 5.96. The van der Waals surface area contributed by atoms with Crippen LogP contribution in [-0.2, 0) is 20.8 Å². The van der Waals surface area contributed by atoms with E-state index in [-0.39, 0.29) is 24.3 Å². The number of hydrogen-bond acceptors (Lipinski definition) is 4. The van der Waals surface area contributed by atoms with Crippen molar-refractivity contribution in [3.05, 3.63) is 23.8 Å². The molecule has 2 aliphatic heterocycles. The van der Waals surface area contributed by atoms with Crippen LogP contribution < -0.4 is 10.1 Å². The molecule has 1 aromatic rings. The highest BCUT2D eigenvalue weighted by Crippen LogP contribution is 2.38. The van der Waals surface area contributed by atoms with Gasteiger partial charge in [0.05, 0.1) is 12.0 Å². The molecule has 3 rings (SSSR count). The fourth-order valence-electron chi connectivity index (χ4n) is 3.96. The van der Waals surface area contributed by atoms with E-state index in [0.717, 1.165) is 17.0 Å². The molecule has 0 aliphatic carbocycles. The van der Waals surface area contributed by atoms with Crippen LogP contribution in [0.5, 0.6) is 5.75 Å². The number of likely N-dealkylation sites (tertiary alicyclic amines) is 1. The maximum Gasteiger partial charge on any atom is 0.311 e. The largest absolute Gasteiger partial charge is 0.494 e. The van der Waals surface area contributed by atoms with Crippen LogP contribution in [0.2, 0.25) is 0 Å². The number of nitrogens with zero attached hydrogens (tertiary/aromatic N) is 1. The number of hydrogen-bond donors (Lipinski definition) is 2. The monoisotopic (exact) mass is 388 g/mol. The summed E-state index contributed by atoms with van der Waals surface area (Å²) in [6.45, 7) is 5.01. The predicted molar refractivity (Wildman–Crippen MR) is 104 cm³/mol. The van der Waals surface area contributed by atoms with Gasteiger partial charge in [-0.05, 0) is 48.9 Å². The van der Waals surface area contributed by atoms with Crippen LogP contribution in [0, 0.1) is 11.3 Å². The third-order valence-electron chi connectivity index (χ3n) is 5.96. The first kappa shape index (κ1) is 20.2. The number of anilines is 1. The molecule has 1 aromatic carbocycles. The summed E-state index contributed by atoms with van der Waals surface area (Å²) in [5.41, 5.74) is 1.06. The fourth-order valence-corrected chi connectivity index (χ4v) is 3.96. The molecule has 28 heavy (non-hydrogen) atoms. The number of fused-ring (bicyclic) bond motifs is 1. The van der Waals surface area contributed by atoms with Gasteiger partial charge in [0.25, 0.3) is 0 Å². The zero-order valence-electron chi connectivity index (χ0n) is 16.5. The van der Waals surface area contributed by atoms with Gasteiger partial charge in [-0.1, -0.05) is 13.8 Å². The number of ether oxygens (including phenoxy) is 1. The Balaban J connectivity index is 1.45. The average Bonchev–Trinajstić information content (AvgIpc) is 3.12. The van der Waals surface area contributed by atoms with Crippen LogP contribution in [0.15, 0.2) is 18.2 Å². The lowest BCUT2D eigenvalue weighted by atomic mass is 9.76. The fraction of sp³-hybridized carbons (Fsp3) is 0.571. The normalized spacial score (nSPS) is 21.4. The van der Waals surface area contributed by atoms with Crippen LogP contribution in [0.1, 0.15) is 45.1 Å². The van der Waals surface area contributed by atoms with Crippen LogP contribution in [0.25, 0.3) is 0 Å². The molecular weight excluding hydrogens is 360 g/mol. The summed E-state index contributed by atoms with van der Waals surface area (Å²) in [6.07, 6.45) is 2.61. The second kappa shape index (κ2) is 8.20. The number of carbonyl (C=O) groups is 3. The van der Waals surface area contributed by atoms with Gasteiger partial charge in [0.1, 0.15) is 5.75 Å². The number of carbonyl (C=O) groups excluding carboxylic acids is 2. The molecule has 7 heteroatoms. The lowest BCUT2D eigenvalue weighted by molar-refractivity contribution is -0.151. The molecule has 0 saturated carbocycles. The Bertz CT molecular complexity index is 776. The highest BCUT2D eigenvalue weighted by molar-refractivity contribution is 5.94. The summed E-state index contributed by atoms with van der Waals surface area (Å²) >= 11 is 0. The Hall–Kier alpha value is -2.57. The zero-order valence-corrected chi connectivity index (χ0v) is 16.5. The standard InChI is InChI=1S/C21H28N2O5/c1-14(2)21(20(26)27)9-10-23(13-21)19(25)4-3-11-28-16-6-7-17-15(12-16)5-8-18(24)22-17/h6-7,12,14H,3-5,8-11,13H2,1-2H3,(H,22,24)(H,26,27). The molecule has 0 bridgehead atoms. The quantitative estimate of drug-likeness (QED) is 0.700. The van der Waals surface area contributed by atoms with Gasteiger partial charge in [-0.2, -0.15) is 0 Å². The summed E-state index contributed by atoms with van der Waals surface area (Å²) in [5, 5.41) is 12.4. The molecule has 1 unspecified atom stereocenters. The Labute approximate surface area is 165 Å². The van der Waals surface area contributed by atoms with Gasteiger partial charge in [-0.15, -0.1) is 0 Å². The molecule has 2 amide bonds. The molecule has 0 spiro atoms. The van der Waals surface area contributed by atoms with Gasteiger partial charge < -0.3 is 20.1 Å². The molecular formula is C21H28N2O5. The van der Waals surface area contributed by atoms with Gasteiger partial charge in [0.2, 0.25) is 11.8 Å². The van der Waals surface area contributed by atoms with E-state index in [0.29, 0.717) is 45.3 Å². The second-order valence-electron chi connectivity index (χ2n) is 8.00. The SMILES string of the molecule is CC(C)C1(C(=O)O)CCN(C(=O)CCCOc2ccc3c(c2)CCC(=O)N3)C1. The minimum Gasteiger partial charge on any atom is -0.494 e. The molecule has 1 atom stereocenters. The number of aryl methyl sites for hydroxylation is 1. The highest BCUT2D eigenvalue weighted by atomic mass is 16.5. The number of rotatable bonds is 7. The van der Waals surface area contributed by atoms with Crippen molar-refractivity contribution in [3.63, 3.8) is 0 Å². The van der Waals surface area contributed by atoms with Crippen molar-refractivity contribution in [1.82, 2.24) is 4.90 Å². The number of aliphatic carboxylic acids is 1. The molecule has 152 valence electrons. The summed E-state index contributed by atoms with van der Waals surface area (Å²) < 4.78 is 5.75. The minimum atomic E-state index is -0.829. The summed E-state index contributed by atoms with van der Waals surface area (Å²) in [4.78, 5) is 37.2. The van der Waals surface area contributed by atoms with E-state index in [1.807, 2.05) is 32.0 Å². The number of amides is 2. The van der Waals surface area contributed by atoms with Crippen molar-refractivity contribution in [3.8, 4) is 5.75 Å². The first-order chi connectivity index (χ1) is 13.3. The van der Waals surface area contributed by atoms with Gasteiger partial charge in [-0.3, -0.25) is 14.4 Å². The van der Waals surface area contributed by atoms with Gasteiger partial charge in [-0.25, -0.2) is 0 Å². The maximum absolute atomic E-state index is 12.4. The molecule has 2 aliphatic rings. The lowest BCUT2D eigenvalue weighted by Gasteiger charge is -2.28. The number of carboxylic acid groups (broad SMARTS) is 1. The first-order valence-corrected chi connectivity index (χ1v) is 9.88. The summed E-state index contributed by atoms with van der Waals surface area (Å²) in [5.74, 6) is -0.0793. The molecule has 1 fully saturated rings. The van der Waals surface area contributed by atoms with Crippen LogP contribution in [-0.4, -0.2) is 47.5 Å². The van der Waals surface area contributed by atoms with Crippen LogP contribution in [0.3, 0.4) is 0 Å². The van der Waals surface area contributed by atoms with Crippen molar-refractivity contribution in [2.45, 2.75) is 46.0 Å². The predicted octanol–water partition coefficient (Wildman–Crippen LogP) is 2.69. The first-order valence-electron chi connectivity index (χ1n) is 9.88. The topological polar surface area (TPSA) is 95.9 Å². The summed E-state index contributed by atoms with van der Waals surface area (Å²) in [6, 6.07) is 5.59. The Kier molecular flexibility index (Phi) is 5.91. The van der Waals surface area contributed by atoms with E-state index in [1.54, 1.807) is 4.90 Å². The van der Waals surface area contributed by atoms with E-state index in [1.165, 1.54) is 0 Å². The number of carboxylic acids is 1. The van der Waals surface area contributed by atoms with Gasteiger partial charge >= 0.3 is 5.97 Å². The zero-order chi connectivity index (χ0) is 20.3. The lowest BCUT2D eigenvalue weighted by Crippen LogP contribution is -2.40. The van der Waals surface area contributed by atoms with Crippen molar-refractivity contribution >= 4 is 23.5 Å². The molecule has 7 nitrogen and oxygen atoms in total. The van der Waals surface area contributed by atoms with Crippen molar-refractivity contribution in [2.75, 3.05) is 25.0 Å². The maximum atomic E-state index is 12.4. The number of nitrogens with one attached hydrogen (secondary N) is 1. The van der Waals surface area contributed by atoms with E-state index < -0.39 is 11.4 Å². The second-order valence-corrected chi connectivity index (χ2v) is 8.00. The van der Waals surface area contributed by atoms with Gasteiger partial charge in [0, 0.05) is 31.6 Å². The van der Waals surface area contributed by atoms with E-state index >= 15 is 0 Å². The molecule has 1 saturated heterocycles. The van der Waals surface area contributed by atoms with E-state index in [2.05, 4.69) is 5.32 Å². The van der Waals surface area contributed by atoms with E-state index in [9.17, 15) is 19.5 Å². The Morgan fingerprint density at radius 1 is 1.32 bits per heavy atom.